The lowest BCUT2D eigenvalue weighted by Crippen LogP contribution is -2.36. The van der Waals surface area contributed by atoms with Gasteiger partial charge in [0.1, 0.15) is 0 Å². The van der Waals surface area contributed by atoms with Gasteiger partial charge in [-0.05, 0) is 37.5 Å². The van der Waals surface area contributed by atoms with Crippen molar-refractivity contribution in [2.24, 2.45) is 0 Å². The Morgan fingerprint density at radius 3 is 2.71 bits per heavy atom. The van der Waals surface area contributed by atoms with Crippen LogP contribution in [0.2, 0.25) is 0 Å². The number of nitrogens with zero attached hydrogens (tertiary/aromatic N) is 3. The van der Waals surface area contributed by atoms with Crippen LogP contribution in [0.1, 0.15) is 25.8 Å². The molecule has 0 saturated carbocycles. The minimum absolute atomic E-state index is 0.0324. The fraction of sp³-hybridized carbons (Fsp3) is 0.294. The molecule has 3 heterocycles. The molecule has 0 fully saturated rings. The summed E-state index contributed by atoms with van der Waals surface area (Å²) in [5.74, 6) is 2.52. The van der Waals surface area contributed by atoms with Crippen LogP contribution in [0.3, 0.4) is 0 Å². The van der Waals surface area contributed by atoms with Crippen molar-refractivity contribution in [3.63, 3.8) is 0 Å². The minimum Gasteiger partial charge on any atom is -0.461 e. The molecule has 4 nitrogen and oxygen atoms in total. The molecule has 1 aromatic carbocycles. The zero-order chi connectivity index (χ0) is 14.4. The number of benzene rings is 1. The minimum atomic E-state index is -0.0324. The Morgan fingerprint density at radius 2 is 1.95 bits per heavy atom. The van der Waals surface area contributed by atoms with Crippen molar-refractivity contribution in [1.29, 1.82) is 0 Å². The van der Waals surface area contributed by atoms with Crippen LogP contribution < -0.4 is 0 Å². The van der Waals surface area contributed by atoms with E-state index in [9.17, 15) is 0 Å². The molecule has 2 aromatic heterocycles. The van der Waals surface area contributed by atoms with Gasteiger partial charge in [-0.25, -0.2) is 0 Å². The summed E-state index contributed by atoms with van der Waals surface area (Å²) >= 11 is 0. The molecule has 0 aliphatic carbocycles. The monoisotopic (exact) mass is 279 g/mol. The first-order chi connectivity index (χ1) is 10.2. The van der Waals surface area contributed by atoms with E-state index in [0.29, 0.717) is 0 Å². The van der Waals surface area contributed by atoms with Crippen molar-refractivity contribution in [2.45, 2.75) is 32.2 Å². The van der Waals surface area contributed by atoms with E-state index >= 15 is 0 Å². The van der Waals surface area contributed by atoms with Crippen molar-refractivity contribution in [2.75, 3.05) is 0 Å². The van der Waals surface area contributed by atoms with Gasteiger partial charge in [-0.3, -0.25) is 4.57 Å². The lowest BCUT2D eigenvalue weighted by molar-refractivity contribution is 0.300. The summed E-state index contributed by atoms with van der Waals surface area (Å²) in [6.07, 6.45) is 3.68. The Balaban J connectivity index is 2.02. The molecular weight excluding hydrogens is 262 g/mol. The maximum absolute atomic E-state index is 5.55. The largest absolute Gasteiger partial charge is 0.461 e. The van der Waals surface area contributed by atoms with Gasteiger partial charge in [0, 0.05) is 11.1 Å². The van der Waals surface area contributed by atoms with Crippen LogP contribution in [0.4, 0.5) is 0 Å². The Labute approximate surface area is 123 Å². The lowest BCUT2D eigenvalue weighted by atomic mass is 9.84. The third-order valence-corrected chi connectivity index (χ3v) is 4.54. The van der Waals surface area contributed by atoms with Gasteiger partial charge in [-0.1, -0.05) is 31.2 Å². The molecule has 1 aliphatic rings. The van der Waals surface area contributed by atoms with Crippen molar-refractivity contribution in [3.8, 4) is 23.0 Å². The van der Waals surface area contributed by atoms with Gasteiger partial charge >= 0.3 is 0 Å². The van der Waals surface area contributed by atoms with E-state index < -0.39 is 0 Å². The predicted octanol–water partition coefficient (Wildman–Crippen LogP) is 3.89. The molecule has 106 valence electrons. The van der Waals surface area contributed by atoms with E-state index in [1.807, 2.05) is 12.1 Å². The van der Waals surface area contributed by atoms with Gasteiger partial charge < -0.3 is 4.42 Å². The van der Waals surface area contributed by atoms with Gasteiger partial charge in [-0.2, -0.15) is 0 Å². The second kappa shape index (κ2) is 4.32. The summed E-state index contributed by atoms with van der Waals surface area (Å²) in [7, 11) is 0. The molecule has 0 radical (unpaired) electrons. The number of aromatic nitrogens is 3. The van der Waals surface area contributed by atoms with E-state index in [2.05, 4.69) is 52.9 Å². The number of furan rings is 1. The zero-order valence-corrected chi connectivity index (χ0v) is 12.2. The summed E-state index contributed by atoms with van der Waals surface area (Å²) in [4.78, 5) is 0. The summed E-state index contributed by atoms with van der Waals surface area (Å²) in [6, 6.07) is 12.3. The molecule has 0 amide bonds. The predicted molar refractivity (Wildman–Crippen MR) is 80.8 cm³/mol. The number of rotatable bonds is 2. The van der Waals surface area contributed by atoms with Crippen molar-refractivity contribution >= 4 is 0 Å². The Bertz CT molecular complexity index is 788. The highest BCUT2D eigenvalue weighted by molar-refractivity contribution is 5.66. The van der Waals surface area contributed by atoms with Crippen LogP contribution in [0.25, 0.3) is 23.0 Å². The van der Waals surface area contributed by atoms with Gasteiger partial charge in [0.2, 0.25) is 5.82 Å². The van der Waals surface area contributed by atoms with Crippen LogP contribution in [0, 0.1) is 0 Å². The van der Waals surface area contributed by atoms with Crippen LogP contribution in [-0.2, 0) is 12.0 Å². The Kier molecular flexibility index (Phi) is 2.55. The molecule has 1 unspecified atom stereocenters. The lowest BCUT2D eigenvalue weighted by Gasteiger charge is -2.36. The quantitative estimate of drug-likeness (QED) is 0.715. The average Bonchev–Trinajstić information content (AvgIpc) is 3.16. The highest BCUT2D eigenvalue weighted by Gasteiger charge is 2.37. The van der Waals surface area contributed by atoms with E-state index in [-0.39, 0.29) is 5.54 Å². The molecule has 1 aliphatic heterocycles. The topological polar surface area (TPSA) is 43.9 Å². The Morgan fingerprint density at radius 1 is 1.14 bits per heavy atom. The second-order valence-electron chi connectivity index (χ2n) is 5.84. The molecule has 4 heteroatoms. The van der Waals surface area contributed by atoms with Crippen molar-refractivity contribution < 1.29 is 4.42 Å². The van der Waals surface area contributed by atoms with Crippen molar-refractivity contribution in [3.05, 3.63) is 48.2 Å². The molecule has 21 heavy (non-hydrogen) atoms. The van der Waals surface area contributed by atoms with Gasteiger partial charge in [0.25, 0.3) is 0 Å². The number of hydrogen-bond donors (Lipinski definition) is 0. The molecule has 0 spiro atoms. The summed E-state index contributed by atoms with van der Waals surface area (Å²) in [6.45, 7) is 4.48. The third-order valence-electron chi connectivity index (χ3n) is 4.54. The van der Waals surface area contributed by atoms with Gasteiger partial charge in [-0.15, -0.1) is 10.2 Å². The third kappa shape index (κ3) is 1.68. The molecule has 0 bridgehead atoms. The fourth-order valence-electron chi connectivity index (χ4n) is 3.20. The maximum Gasteiger partial charge on any atom is 0.200 e. The first kappa shape index (κ1) is 12.4. The Hall–Kier alpha value is -2.36. The average molecular weight is 279 g/mol. The van der Waals surface area contributed by atoms with E-state index in [1.165, 1.54) is 11.1 Å². The molecule has 0 saturated heterocycles. The van der Waals surface area contributed by atoms with Crippen LogP contribution in [0.5, 0.6) is 0 Å². The zero-order valence-electron chi connectivity index (χ0n) is 12.2. The SMILES string of the molecule is CCC1(C)Cc2ccccc2-c2nnc(-c3ccco3)n21. The molecule has 1 atom stereocenters. The normalized spacial score (nSPS) is 20.1. The first-order valence-corrected chi connectivity index (χ1v) is 7.31. The highest BCUT2D eigenvalue weighted by Crippen LogP contribution is 2.41. The van der Waals surface area contributed by atoms with Crippen LogP contribution in [0.15, 0.2) is 47.1 Å². The van der Waals surface area contributed by atoms with Crippen LogP contribution in [-0.4, -0.2) is 14.8 Å². The highest BCUT2D eigenvalue weighted by atomic mass is 16.3. The van der Waals surface area contributed by atoms with Crippen molar-refractivity contribution in [1.82, 2.24) is 14.8 Å². The number of hydrogen-bond acceptors (Lipinski definition) is 3. The van der Waals surface area contributed by atoms with Gasteiger partial charge in [0.05, 0.1) is 6.26 Å². The van der Waals surface area contributed by atoms with E-state index in [1.54, 1.807) is 6.26 Å². The molecule has 4 rings (SSSR count). The second-order valence-corrected chi connectivity index (χ2v) is 5.84. The molecular formula is C17H17N3O. The first-order valence-electron chi connectivity index (χ1n) is 7.31. The van der Waals surface area contributed by atoms with E-state index in [4.69, 9.17) is 4.42 Å². The standard InChI is InChI=1S/C17H17N3O/c1-3-17(2)11-12-7-4-5-8-13(12)15-18-19-16(20(15)17)14-9-6-10-21-14/h4-10H,3,11H2,1-2H3. The number of fused-ring (bicyclic) bond motifs is 3. The fourth-order valence-corrected chi connectivity index (χ4v) is 3.20. The van der Waals surface area contributed by atoms with E-state index in [0.717, 1.165) is 30.3 Å². The maximum atomic E-state index is 5.55. The summed E-state index contributed by atoms with van der Waals surface area (Å²) in [5, 5.41) is 8.85. The van der Waals surface area contributed by atoms with Gasteiger partial charge in [0.15, 0.2) is 11.6 Å². The summed E-state index contributed by atoms with van der Waals surface area (Å²) in [5.41, 5.74) is 2.48. The smallest absolute Gasteiger partial charge is 0.200 e. The molecule has 0 N–H and O–H groups in total. The van der Waals surface area contributed by atoms with Crippen LogP contribution >= 0.6 is 0 Å². The summed E-state index contributed by atoms with van der Waals surface area (Å²) < 4.78 is 7.79. The molecule has 3 aromatic rings.